The fraction of sp³-hybridized carbons (Fsp3) is 0.500. The topological polar surface area (TPSA) is 31.2 Å². The van der Waals surface area contributed by atoms with Gasteiger partial charge in [0.2, 0.25) is 0 Å². The van der Waals surface area contributed by atoms with Crippen LogP contribution >= 0.6 is 0 Å². The van der Waals surface area contributed by atoms with E-state index in [1.807, 2.05) is 12.4 Å². The van der Waals surface area contributed by atoms with Gasteiger partial charge in [0.15, 0.2) is 0 Å². The highest BCUT2D eigenvalue weighted by molar-refractivity contribution is 6.11. The Morgan fingerprint density at radius 1 is 1.10 bits per heavy atom. The van der Waals surface area contributed by atoms with E-state index in [9.17, 15) is 0 Å². The number of piperidine rings is 1. The maximum Gasteiger partial charge on any atom is 0.140 e. The van der Waals surface area contributed by atoms with E-state index in [0.29, 0.717) is 0 Å². The SMILES string of the molecule is CC1(N2CCCCC2)CN2C=Nc3ccccc3C2=N1. The lowest BCUT2D eigenvalue weighted by Gasteiger charge is -2.38. The number of amidine groups is 1. The molecule has 4 rings (SSSR count). The molecule has 104 valence electrons. The second-order valence-electron chi connectivity index (χ2n) is 6.09. The second-order valence-corrected chi connectivity index (χ2v) is 6.09. The predicted molar refractivity (Wildman–Crippen MR) is 81.7 cm³/mol. The average Bonchev–Trinajstić information content (AvgIpc) is 2.86. The minimum absolute atomic E-state index is 0.0980. The van der Waals surface area contributed by atoms with Crippen LogP contribution in [0.2, 0.25) is 0 Å². The van der Waals surface area contributed by atoms with Crippen molar-refractivity contribution in [3.63, 3.8) is 0 Å². The summed E-state index contributed by atoms with van der Waals surface area (Å²) in [5.41, 5.74) is 2.10. The molecule has 3 heterocycles. The maximum atomic E-state index is 5.08. The number of benzene rings is 1. The van der Waals surface area contributed by atoms with Crippen LogP contribution in [0.25, 0.3) is 0 Å². The van der Waals surface area contributed by atoms with Crippen LogP contribution in [0.4, 0.5) is 5.69 Å². The van der Waals surface area contributed by atoms with Gasteiger partial charge in [0, 0.05) is 18.7 Å². The fourth-order valence-corrected chi connectivity index (χ4v) is 3.49. The van der Waals surface area contributed by atoms with Gasteiger partial charge < -0.3 is 4.90 Å². The van der Waals surface area contributed by atoms with Crippen molar-refractivity contribution in [2.24, 2.45) is 9.98 Å². The van der Waals surface area contributed by atoms with Gasteiger partial charge >= 0.3 is 0 Å². The zero-order valence-corrected chi connectivity index (χ0v) is 11.9. The van der Waals surface area contributed by atoms with Gasteiger partial charge in [0.25, 0.3) is 0 Å². The Morgan fingerprint density at radius 2 is 1.90 bits per heavy atom. The Bertz CT molecular complexity index is 586. The molecule has 1 aromatic rings. The summed E-state index contributed by atoms with van der Waals surface area (Å²) in [4.78, 5) is 14.4. The zero-order valence-electron chi connectivity index (χ0n) is 11.9. The molecule has 0 spiro atoms. The van der Waals surface area contributed by atoms with E-state index in [0.717, 1.165) is 23.6 Å². The molecule has 20 heavy (non-hydrogen) atoms. The van der Waals surface area contributed by atoms with Crippen LogP contribution in [0, 0.1) is 0 Å². The number of nitrogens with zero attached hydrogens (tertiary/aromatic N) is 4. The van der Waals surface area contributed by atoms with E-state index < -0.39 is 0 Å². The first-order valence-corrected chi connectivity index (χ1v) is 7.51. The smallest absolute Gasteiger partial charge is 0.140 e. The molecule has 0 saturated carbocycles. The summed E-state index contributed by atoms with van der Waals surface area (Å²) in [7, 11) is 0. The molecule has 4 heteroatoms. The summed E-state index contributed by atoms with van der Waals surface area (Å²) in [6.45, 7) is 5.51. The highest BCUT2D eigenvalue weighted by Crippen LogP contribution is 2.34. The Morgan fingerprint density at radius 3 is 2.75 bits per heavy atom. The molecule has 0 bridgehead atoms. The molecule has 1 aromatic carbocycles. The number of para-hydroxylation sites is 1. The highest BCUT2D eigenvalue weighted by Gasteiger charge is 2.41. The normalized spacial score (nSPS) is 29.1. The Hall–Kier alpha value is -1.68. The predicted octanol–water partition coefficient (Wildman–Crippen LogP) is 2.62. The fourth-order valence-electron chi connectivity index (χ4n) is 3.49. The largest absolute Gasteiger partial charge is 0.313 e. The van der Waals surface area contributed by atoms with Crippen molar-refractivity contribution in [2.75, 3.05) is 19.6 Å². The van der Waals surface area contributed by atoms with Gasteiger partial charge in [-0.1, -0.05) is 18.6 Å². The van der Waals surface area contributed by atoms with Crippen molar-refractivity contribution in [3.05, 3.63) is 29.8 Å². The molecule has 4 nitrogen and oxygen atoms in total. The van der Waals surface area contributed by atoms with Gasteiger partial charge in [-0.2, -0.15) is 0 Å². The van der Waals surface area contributed by atoms with Gasteiger partial charge in [-0.3, -0.25) is 4.90 Å². The molecule has 3 aliphatic heterocycles. The molecule has 0 N–H and O–H groups in total. The summed E-state index contributed by atoms with van der Waals surface area (Å²) in [6, 6.07) is 8.28. The van der Waals surface area contributed by atoms with Gasteiger partial charge in [-0.15, -0.1) is 0 Å². The lowest BCUT2D eigenvalue weighted by Crippen LogP contribution is -2.50. The second kappa shape index (κ2) is 4.42. The summed E-state index contributed by atoms with van der Waals surface area (Å²) in [6.07, 6.45) is 5.89. The quantitative estimate of drug-likeness (QED) is 0.784. The Labute approximate surface area is 119 Å². The zero-order chi connectivity index (χ0) is 13.6. The number of aliphatic imine (C=N–C) groups is 2. The third-order valence-corrected chi connectivity index (χ3v) is 4.61. The summed E-state index contributed by atoms with van der Waals surface area (Å²) in [5.74, 6) is 1.09. The third-order valence-electron chi connectivity index (χ3n) is 4.61. The van der Waals surface area contributed by atoms with Gasteiger partial charge in [-0.05, 0) is 31.9 Å². The van der Waals surface area contributed by atoms with Gasteiger partial charge in [0.05, 0.1) is 18.6 Å². The summed E-state index contributed by atoms with van der Waals surface area (Å²) >= 11 is 0. The van der Waals surface area contributed by atoms with Crippen molar-refractivity contribution in [1.82, 2.24) is 9.80 Å². The van der Waals surface area contributed by atoms with Crippen LogP contribution in [0.1, 0.15) is 31.7 Å². The van der Waals surface area contributed by atoms with E-state index in [2.05, 4.69) is 39.9 Å². The van der Waals surface area contributed by atoms with Gasteiger partial charge in [-0.25, -0.2) is 9.98 Å². The lowest BCUT2D eigenvalue weighted by atomic mass is 10.1. The van der Waals surface area contributed by atoms with Crippen molar-refractivity contribution in [2.45, 2.75) is 31.8 Å². The standard InChI is InChI=1S/C16H20N4/c1-16(20-9-5-2-6-10-20)11-19-12-17-14-8-4-3-7-13(14)15(19)18-16/h3-4,7-8,12H,2,5-6,9-11H2,1H3. The molecule has 0 radical (unpaired) electrons. The van der Waals surface area contributed by atoms with Gasteiger partial charge in [0.1, 0.15) is 11.5 Å². The van der Waals surface area contributed by atoms with E-state index in [1.165, 1.54) is 32.4 Å². The van der Waals surface area contributed by atoms with Crippen LogP contribution in [0.5, 0.6) is 0 Å². The average molecular weight is 268 g/mol. The maximum absolute atomic E-state index is 5.08. The Balaban J connectivity index is 1.72. The summed E-state index contributed by atoms with van der Waals surface area (Å²) < 4.78 is 0. The number of hydrogen-bond acceptors (Lipinski definition) is 4. The third kappa shape index (κ3) is 1.79. The first-order chi connectivity index (χ1) is 9.76. The molecule has 1 atom stereocenters. The molecule has 1 saturated heterocycles. The minimum atomic E-state index is -0.0980. The van der Waals surface area contributed by atoms with Crippen LogP contribution in [-0.2, 0) is 0 Å². The molecule has 3 aliphatic rings. The number of likely N-dealkylation sites (tertiary alicyclic amines) is 1. The van der Waals surface area contributed by atoms with E-state index in [1.54, 1.807) is 0 Å². The van der Waals surface area contributed by atoms with Crippen LogP contribution in [-0.4, -0.2) is 47.3 Å². The summed E-state index contributed by atoms with van der Waals surface area (Å²) in [5, 5.41) is 0. The van der Waals surface area contributed by atoms with E-state index in [4.69, 9.17) is 4.99 Å². The molecule has 1 unspecified atom stereocenters. The monoisotopic (exact) mass is 268 g/mol. The first-order valence-electron chi connectivity index (χ1n) is 7.51. The molecular formula is C16H20N4. The van der Waals surface area contributed by atoms with Crippen molar-refractivity contribution in [1.29, 1.82) is 0 Å². The van der Waals surface area contributed by atoms with Crippen molar-refractivity contribution < 1.29 is 0 Å². The molecule has 1 fully saturated rings. The van der Waals surface area contributed by atoms with Crippen molar-refractivity contribution in [3.8, 4) is 0 Å². The van der Waals surface area contributed by atoms with Crippen LogP contribution < -0.4 is 0 Å². The van der Waals surface area contributed by atoms with Crippen LogP contribution in [0.3, 0.4) is 0 Å². The molecule has 0 aromatic heterocycles. The minimum Gasteiger partial charge on any atom is -0.313 e. The Kier molecular flexibility index (Phi) is 2.67. The van der Waals surface area contributed by atoms with E-state index >= 15 is 0 Å². The van der Waals surface area contributed by atoms with Crippen LogP contribution in [0.15, 0.2) is 34.3 Å². The van der Waals surface area contributed by atoms with E-state index in [-0.39, 0.29) is 5.66 Å². The lowest BCUT2D eigenvalue weighted by molar-refractivity contribution is 0.0900. The first kappa shape index (κ1) is 12.1. The molecular weight excluding hydrogens is 248 g/mol. The molecule has 0 aliphatic carbocycles. The number of fused-ring (bicyclic) bond motifs is 3. The van der Waals surface area contributed by atoms with Crippen molar-refractivity contribution >= 4 is 17.9 Å². The number of hydrogen-bond donors (Lipinski definition) is 0. The number of rotatable bonds is 1. The molecule has 0 amide bonds. The highest BCUT2D eigenvalue weighted by atomic mass is 15.4.